The van der Waals surface area contributed by atoms with Gasteiger partial charge in [-0.3, -0.25) is 14.1 Å². The molecule has 0 radical (unpaired) electrons. The molecule has 29 heavy (non-hydrogen) atoms. The number of unbranched alkanes of at least 4 members (excludes halogenated alkanes) is 2. The van der Waals surface area contributed by atoms with Gasteiger partial charge in [-0.25, -0.2) is 0 Å². The zero-order valence-electron chi connectivity index (χ0n) is 18.3. The van der Waals surface area contributed by atoms with E-state index < -0.39 is 33.7 Å². The van der Waals surface area contributed by atoms with Crippen LogP contribution in [0.1, 0.15) is 85.5 Å². The van der Waals surface area contributed by atoms with Crippen LogP contribution in [0.25, 0.3) is 0 Å². The Labute approximate surface area is 175 Å². The minimum Gasteiger partial charge on any atom is -0.481 e. The van der Waals surface area contributed by atoms with Gasteiger partial charge < -0.3 is 14.9 Å². The van der Waals surface area contributed by atoms with Crippen LogP contribution in [-0.2, 0) is 24.4 Å². The molecule has 3 atom stereocenters. The Morgan fingerprint density at radius 2 is 1.28 bits per heavy atom. The van der Waals surface area contributed by atoms with Gasteiger partial charge in [0.25, 0.3) is 10.1 Å². The van der Waals surface area contributed by atoms with Gasteiger partial charge in [0, 0.05) is 13.2 Å². The highest BCUT2D eigenvalue weighted by molar-refractivity contribution is 7.87. The maximum atomic E-state index is 10.2. The lowest BCUT2D eigenvalue weighted by molar-refractivity contribution is -0.143. The number of carbonyl (C=O) groups is 2. The number of carboxylic acids is 2. The summed E-state index contributed by atoms with van der Waals surface area (Å²) >= 11 is 0. The minimum absolute atomic E-state index is 0.790. The van der Waals surface area contributed by atoms with E-state index in [2.05, 4.69) is 27.7 Å². The van der Waals surface area contributed by atoms with Crippen molar-refractivity contribution in [2.45, 2.75) is 90.7 Å². The molecule has 0 bridgehead atoms. The number of ether oxygens (including phenoxy) is 1. The molecular formula is C20H40O8S. The molecule has 0 saturated heterocycles. The fraction of sp³-hybridized carbons (Fsp3) is 0.900. The molecule has 0 aliphatic carbocycles. The third-order valence-corrected chi connectivity index (χ3v) is 5.88. The van der Waals surface area contributed by atoms with Gasteiger partial charge in [-0.05, 0) is 24.7 Å². The summed E-state index contributed by atoms with van der Waals surface area (Å²) in [5.74, 6) is -1.92. The van der Waals surface area contributed by atoms with Gasteiger partial charge >= 0.3 is 11.9 Å². The van der Waals surface area contributed by atoms with Gasteiger partial charge in [-0.2, -0.15) is 8.42 Å². The Bertz CT molecular complexity index is 517. The second kappa shape index (κ2) is 17.7. The van der Waals surface area contributed by atoms with Gasteiger partial charge in [-0.1, -0.05) is 66.2 Å². The standard InChI is InChI=1S/C16H34O.C4H6O7S/c1-5-9-11-15(7-3)13-17-14-16(8-4)12-10-6-2;5-3(6)1-2(4(7)8)12(9,10)11/h15-16H,5-14H2,1-4H3;2H,1H2,(H,5,6)(H,7,8)(H,9,10,11). The van der Waals surface area contributed by atoms with Crippen molar-refractivity contribution in [3.05, 3.63) is 0 Å². The van der Waals surface area contributed by atoms with Crippen LogP contribution in [0, 0.1) is 11.8 Å². The summed E-state index contributed by atoms with van der Waals surface area (Å²) in [5.41, 5.74) is 0. The SMILES string of the molecule is CCCCC(CC)COCC(CC)CCCC.O=C(O)CC(C(=O)O)S(=O)(=O)O. The lowest BCUT2D eigenvalue weighted by Crippen LogP contribution is -2.31. The molecule has 8 nitrogen and oxygen atoms in total. The van der Waals surface area contributed by atoms with E-state index in [1.165, 1.54) is 51.4 Å². The topological polar surface area (TPSA) is 138 Å². The molecule has 0 rings (SSSR count). The Hall–Kier alpha value is -1.19. The monoisotopic (exact) mass is 440 g/mol. The molecule has 0 amide bonds. The average Bonchev–Trinajstić information content (AvgIpc) is 2.64. The molecule has 0 aromatic rings. The molecule has 0 aromatic heterocycles. The van der Waals surface area contributed by atoms with Crippen molar-refractivity contribution in [2.75, 3.05) is 13.2 Å². The van der Waals surface area contributed by atoms with Crippen molar-refractivity contribution in [3.63, 3.8) is 0 Å². The maximum absolute atomic E-state index is 10.2. The second-order valence-electron chi connectivity index (χ2n) is 7.31. The number of hydrogen-bond donors (Lipinski definition) is 3. The van der Waals surface area contributed by atoms with Crippen molar-refractivity contribution in [3.8, 4) is 0 Å². The summed E-state index contributed by atoms with van der Waals surface area (Å²) in [4.78, 5) is 20.0. The van der Waals surface area contributed by atoms with E-state index >= 15 is 0 Å². The van der Waals surface area contributed by atoms with Crippen molar-refractivity contribution in [1.82, 2.24) is 0 Å². The van der Waals surface area contributed by atoms with Gasteiger partial charge in [0.2, 0.25) is 0 Å². The predicted molar refractivity (Wildman–Crippen MR) is 113 cm³/mol. The van der Waals surface area contributed by atoms with Crippen LogP contribution in [0.2, 0.25) is 0 Å². The molecule has 0 fully saturated rings. The Balaban J connectivity index is 0. The maximum Gasteiger partial charge on any atom is 0.325 e. The highest BCUT2D eigenvalue weighted by Crippen LogP contribution is 2.16. The van der Waals surface area contributed by atoms with E-state index in [4.69, 9.17) is 19.5 Å². The molecule has 9 heteroatoms. The number of rotatable bonds is 16. The summed E-state index contributed by atoms with van der Waals surface area (Å²) in [6.45, 7) is 11.1. The Morgan fingerprint density at radius 1 is 0.862 bits per heavy atom. The smallest absolute Gasteiger partial charge is 0.325 e. The first-order valence-electron chi connectivity index (χ1n) is 10.5. The summed E-state index contributed by atoms with van der Waals surface area (Å²) in [6, 6.07) is 0. The number of aliphatic carboxylic acids is 2. The zero-order valence-corrected chi connectivity index (χ0v) is 19.1. The molecule has 3 unspecified atom stereocenters. The van der Waals surface area contributed by atoms with E-state index in [1.807, 2.05) is 0 Å². The van der Waals surface area contributed by atoms with Crippen molar-refractivity contribution < 1.29 is 37.5 Å². The van der Waals surface area contributed by atoms with E-state index in [0.717, 1.165) is 25.0 Å². The number of carboxylic acid groups (broad SMARTS) is 2. The molecule has 174 valence electrons. The summed E-state index contributed by atoms with van der Waals surface area (Å²) in [6.07, 6.45) is 9.40. The third kappa shape index (κ3) is 17.4. The number of hydrogen-bond acceptors (Lipinski definition) is 5. The molecule has 3 N–H and O–H groups in total. The summed E-state index contributed by atoms with van der Waals surface area (Å²) < 4.78 is 34.6. The van der Waals surface area contributed by atoms with Crippen molar-refractivity contribution >= 4 is 22.1 Å². The first kappa shape index (κ1) is 30.0. The van der Waals surface area contributed by atoms with Crippen LogP contribution >= 0.6 is 0 Å². The molecule has 0 aliphatic heterocycles. The zero-order chi connectivity index (χ0) is 22.9. The average molecular weight is 441 g/mol. The third-order valence-electron chi connectivity index (χ3n) is 4.79. The van der Waals surface area contributed by atoms with Crippen LogP contribution in [0.5, 0.6) is 0 Å². The Kier molecular flexibility index (Phi) is 18.3. The molecule has 0 aromatic carbocycles. The molecule has 0 saturated carbocycles. The fourth-order valence-electron chi connectivity index (χ4n) is 2.68. The minimum atomic E-state index is -4.84. The molecular weight excluding hydrogens is 400 g/mol. The highest BCUT2D eigenvalue weighted by Gasteiger charge is 2.33. The van der Waals surface area contributed by atoms with Gasteiger partial charge in [0.1, 0.15) is 0 Å². The fourth-order valence-corrected chi connectivity index (χ4v) is 3.28. The summed E-state index contributed by atoms with van der Waals surface area (Å²) in [5, 5.41) is 13.9. The van der Waals surface area contributed by atoms with Crippen LogP contribution in [0.3, 0.4) is 0 Å². The van der Waals surface area contributed by atoms with Crippen LogP contribution in [0.15, 0.2) is 0 Å². The van der Waals surface area contributed by atoms with E-state index in [0.29, 0.717) is 0 Å². The Morgan fingerprint density at radius 3 is 1.48 bits per heavy atom. The largest absolute Gasteiger partial charge is 0.481 e. The summed E-state index contributed by atoms with van der Waals surface area (Å²) in [7, 11) is -4.84. The highest BCUT2D eigenvalue weighted by atomic mass is 32.2. The first-order chi connectivity index (χ1) is 13.5. The normalized spacial score (nSPS) is 14.4. The first-order valence-corrected chi connectivity index (χ1v) is 12.0. The van der Waals surface area contributed by atoms with Gasteiger partial charge in [0.15, 0.2) is 5.25 Å². The quantitative estimate of drug-likeness (QED) is 0.303. The lowest BCUT2D eigenvalue weighted by atomic mass is 9.99. The molecule has 0 aliphatic rings. The molecule has 0 heterocycles. The van der Waals surface area contributed by atoms with Crippen LogP contribution in [-0.4, -0.2) is 53.6 Å². The lowest BCUT2D eigenvalue weighted by Gasteiger charge is -2.18. The van der Waals surface area contributed by atoms with Crippen LogP contribution < -0.4 is 0 Å². The predicted octanol–water partition coefficient (Wildman–Crippen LogP) is 4.24. The molecule has 0 spiro atoms. The van der Waals surface area contributed by atoms with Gasteiger partial charge in [0.05, 0.1) is 6.42 Å². The van der Waals surface area contributed by atoms with E-state index in [9.17, 15) is 18.0 Å². The second-order valence-corrected chi connectivity index (χ2v) is 8.91. The van der Waals surface area contributed by atoms with Gasteiger partial charge in [-0.15, -0.1) is 0 Å². The van der Waals surface area contributed by atoms with Crippen LogP contribution in [0.4, 0.5) is 0 Å². The van der Waals surface area contributed by atoms with E-state index in [1.54, 1.807) is 0 Å². The van der Waals surface area contributed by atoms with E-state index in [-0.39, 0.29) is 0 Å². The van der Waals surface area contributed by atoms with Crippen molar-refractivity contribution in [1.29, 1.82) is 0 Å². The van der Waals surface area contributed by atoms with Crippen molar-refractivity contribution in [2.24, 2.45) is 11.8 Å².